The third-order valence-corrected chi connectivity index (χ3v) is 6.39. The van der Waals surface area contributed by atoms with Crippen LogP contribution in [0.5, 0.6) is 0 Å². The fraction of sp³-hybridized carbons (Fsp3) is 0.269. The van der Waals surface area contributed by atoms with E-state index in [4.69, 9.17) is 12.2 Å². The molecule has 5 nitrogen and oxygen atoms in total. The summed E-state index contributed by atoms with van der Waals surface area (Å²) in [6.45, 7) is 10.8. The normalized spacial score (nSPS) is 18.9. The molecule has 7 heteroatoms. The Hall–Kier alpha value is -3.32. The molecule has 4 rings (SSSR count). The molecule has 2 aliphatic heterocycles. The Balaban J connectivity index is 1.79. The minimum absolute atomic E-state index is 0.00323. The van der Waals surface area contributed by atoms with Gasteiger partial charge in [0.1, 0.15) is 11.4 Å². The van der Waals surface area contributed by atoms with Crippen LogP contribution < -0.4 is 15.1 Å². The highest BCUT2D eigenvalue weighted by Gasteiger charge is 2.35. The van der Waals surface area contributed by atoms with Gasteiger partial charge in [-0.2, -0.15) is 0 Å². The Morgan fingerprint density at radius 1 is 1.12 bits per heavy atom. The van der Waals surface area contributed by atoms with Gasteiger partial charge in [-0.3, -0.25) is 19.8 Å². The number of thiocarbonyl (C=S) groups is 1. The zero-order valence-electron chi connectivity index (χ0n) is 19.3. The second-order valence-corrected chi connectivity index (χ2v) is 9.30. The second-order valence-electron chi connectivity index (χ2n) is 8.91. The van der Waals surface area contributed by atoms with E-state index in [0.29, 0.717) is 12.2 Å². The fourth-order valence-electron chi connectivity index (χ4n) is 4.54. The number of aryl methyl sites for hydroxylation is 1. The minimum atomic E-state index is -0.644. The first-order valence-electron chi connectivity index (χ1n) is 10.8. The van der Waals surface area contributed by atoms with E-state index in [1.54, 1.807) is 18.2 Å². The van der Waals surface area contributed by atoms with Crippen LogP contribution in [-0.4, -0.2) is 29.0 Å². The van der Waals surface area contributed by atoms with Gasteiger partial charge >= 0.3 is 0 Å². The molecular weight excluding hydrogens is 437 g/mol. The van der Waals surface area contributed by atoms with E-state index in [2.05, 4.69) is 30.1 Å². The number of amides is 2. The summed E-state index contributed by atoms with van der Waals surface area (Å²) in [6, 6.07) is 10.4. The van der Waals surface area contributed by atoms with E-state index >= 15 is 4.39 Å². The molecule has 0 spiro atoms. The average Bonchev–Trinajstić information content (AvgIpc) is 2.72. The Morgan fingerprint density at radius 2 is 1.79 bits per heavy atom. The number of anilines is 2. The lowest BCUT2D eigenvalue weighted by atomic mass is 9.87. The highest BCUT2D eigenvalue weighted by atomic mass is 32.1. The number of carbonyl (C=O) groups excluding carboxylic acids is 2. The first-order chi connectivity index (χ1) is 15.5. The molecular formula is C26H26FN3O2S. The van der Waals surface area contributed by atoms with E-state index in [1.165, 1.54) is 17.0 Å². The fourth-order valence-corrected chi connectivity index (χ4v) is 4.83. The first kappa shape index (κ1) is 22.9. The van der Waals surface area contributed by atoms with Gasteiger partial charge in [-0.1, -0.05) is 23.8 Å². The Morgan fingerprint density at radius 3 is 2.42 bits per heavy atom. The summed E-state index contributed by atoms with van der Waals surface area (Å²) in [5.74, 6) is -1.73. The SMILES string of the molecule is CCN1c2cc(F)c(/C=C3/C(=O)NC(=S)N(c4ccc(C)cc4)C3=O)cc2C(C)=CC1(C)C. The number of likely N-dealkylation sites (N-methyl/N-ethyl adjacent to an activating group) is 1. The number of benzene rings is 2. The molecule has 0 atom stereocenters. The molecule has 0 saturated carbocycles. The molecule has 0 bridgehead atoms. The summed E-state index contributed by atoms with van der Waals surface area (Å²) in [4.78, 5) is 29.3. The predicted molar refractivity (Wildman–Crippen MR) is 135 cm³/mol. The summed E-state index contributed by atoms with van der Waals surface area (Å²) in [5, 5.41) is 2.54. The molecule has 0 aliphatic carbocycles. The van der Waals surface area contributed by atoms with E-state index in [0.717, 1.165) is 22.4 Å². The number of fused-ring (bicyclic) bond motifs is 1. The third-order valence-electron chi connectivity index (χ3n) is 6.11. The smallest absolute Gasteiger partial charge is 0.270 e. The molecule has 2 amide bonds. The molecule has 33 heavy (non-hydrogen) atoms. The highest BCUT2D eigenvalue weighted by Crippen LogP contribution is 2.40. The summed E-state index contributed by atoms with van der Waals surface area (Å²) >= 11 is 5.24. The molecule has 1 N–H and O–H groups in total. The van der Waals surface area contributed by atoms with Gasteiger partial charge in [-0.05, 0) is 82.8 Å². The number of halogens is 1. The minimum Gasteiger partial charge on any atom is -0.363 e. The van der Waals surface area contributed by atoms with Crippen LogP contribution in [0.4, 0.5) is 15.8 Å². The maximum Gasteiger partial charge on any atom is 0.270 e. The third kappa shape index (κ3) is 3.97. The van der Waals surface area contributed by atoms with Crippen molar-refractivity contribution in [3.63, 3.8) is 0 Å². The summed E-state index contributed by atoms with van der Waals surface area (Å²) in [7, 11) is 0. The van der Waals surface area contributed by atoms with Crippen molar-refractivity contribution in [3.8, 4) is 0 Å². The number of hydrogen-bond donors (Lipinski definition) is 1. The molecule has 2 aromatic rings. The summed E-state index contributed by atoms with van der Waals surface area (Å²) in [6.07, 6.45) is 3.45. The largest absolute Gasteiger partial charge is 0.363 e. The van der Waals surface area contributed by atoms with Crippen molar-refractivity contribution in [2.45, 2.75) is 40.2 Å². The lowest BCUT2D eigenvalue weighted by Crippen LogP contribution is -2.54. The van der Waals surface area contributed by atoms with Crippen molar-refractivity contribution in [2.75, 3.05) is 16.3 Å². The number of allylic oxidation sites excluding steroid dienone is 1. The van der Waals surface area contributed by atoms with Crippen LogP contribution in [0.25, 0.3) is 11.6 Å². The Kier molecular flexibility index (Phi) is 5.70. The van der Waals surface area contributed by atoms with Crippen molar-refractivity contribution < 1.29 is 14.0 Å². The first-order valence-corrected chi connectivity index (χ1v) is 11.2. The Labute approximate surface area is 198 Å². The number of hydrogen-bond acceptors (Lipinski definition) is 4. The van der Waals surface area contributed by atoms with Gasteiger partial charge in [0, 0.05) is 23.4 Å². The number of nitrogens with one attached hydrogen (secondary N) is 1. The Bertz CT molecular complexity index is 1240. The lowest BCUT2D eigenvalue weighted by molar-refractivity contribution is -0.122. The molecule has 0 aromatic heterocycles. The molecule has 0 unspecified atom stereocenters. The average molecular weight is 464 g/mol. The quantitative estimate of drug-likeness (QED) is 0.396. The molecule has 1 saturated heterocycles. The van der Waals surface area contributed by atoms with Crippen LogP contribution in [0.3, 0.4) is 0 Å². The summed E-state index contributed by atoms with van der Waals surface area (Å²) in [5.41, 5.74) is 4.00. The molecule has 2 heterocycles. The van der Waals surface area contributed by atoms with Gasteiger partial charge in [-0.25, -0.2) is 4.39 Å². The van der Waals surface area contributed by atoms with E-state index < -0.39 is 17.6 Å². The van der Waals surface area contributed by atoms with Crippen LogP contribution in [-0.2, 0) is 9.59 Å². The molecule has 170 valence electrons. The maximum atomic E-state index is 15.2. The van der Waals surface area contributed by atoms with Gasteiger partial charge in [0.05, 0.1) is 11.2 Å². The van der Waals surface area contributed by atoms with Gasteiger partial charge in [-0.15, -0.1) is 0 Å². The number of nitrogens with zero attached hydrogens (tertiary/aromatic N) is 2. The van der Waals surface area contributed by atoms with Crippen LogP contribution in [0.1, 0.15) is 44.4 Å². The van der Waals surface area contributed by atoms with Crippen molar-refractivity contribution >= 4 is 52.2 Å². The standard InChI is InChI=1S/C26H26FN3O2S/c1-6-29-22-13-21(27)17(11-19(22)16(3)14-26(29,4)5)12-20-23(31)28-25(33)30(24(20)32)18-9-7-15(2)8-10-18/h7-14H,6H2,1-5H3,(H,28,31,33)/b20-12-. The monoisotopic (exact) mass is 463 g/mol. The molecule has 2 aliphatic rings. The van der Waals surface area contributed by atoms with E-state index in [-0.39, 0.29) is 21.8 Å². The van der Waals surface area contributed by atoms with E-state index in [1.807, 2.05) is 32.9 Å². The van der Waals surface area contributed by atoms with Crippen LogP contribution >= 0.6 is 12.2 Å². The van der Waals surface area contributed by atoms with Crippen molar-refractivity contribution in [1.82, 2.24) is 5.32 Å². The predicted octanol–water partition coefficient (Wildman–Crippen LogP) is 4.99. The molecule has 2 aromatic carbocycles. The van der Waals surface area contributed by atoms with Crippen LogP contribution in [0.2, 0.25) is 0 Å². The van der Waals surface area contributed by atoms with Crippen LogP contribution in [0, 0.1) is 12.7 Å². The highest BCUT2D eigenvalue weighted by molar-refractivity contribution is 7.80. The van der Waals surface area contributed by atoms with Gasteiger partial charge < -0.3 is 4.90 Å². The summed E-state index contributed by atoms with van der Waals surface area (Å²) < 4.78 is 15.2. The van der Waals surface area contributed by atoms with Crippen LogP contribution in [0.15, 0.2) is 48.0 Å². The second kappa shape index (κ2) is 8.23. The van der Waals surface area contributed by atoms with Crippen molar-refractivity contribution in [2.24, 2.45) is 0 Å². The zero-order chi connectivity index (χ0) is 24.1. The number of carbonyl (C=O) groups is 2. The van der Waals surface area contributed by atoms with Gasteiger partial charge in [0.15, 0.2) is 5.11 Å². The van der Waals surface area contributed by atoms with Crippen molar-refractivity contribution in [1.29, 1.82) is 0 Å². The molecule has 0 radical (unpaired) electrons. The van der Waals surface area contributed by atoms with Gasteiger partial charge in [0.2, 0.25) is 0 Å². The zero-order valence-corrected chi connectivity index (χ0v) is 20.1. The lowest BCUT2D eigenvalue weighted by Gasteiger charge is -2.43. The van der Waals surface area contributed by atoms with Crippen molar-refractivity contribution in [3.05, 3.63) is 70.6 Å². The number of rotatable bonds is 3. The maximum absolute atomic E-state index is 15.2. The van der Waals surface area contributed by atoms with E-state index in [9.17, 15) is 9.59 Å². The topological polar surface area (TPSA) is 52.7 Å². The van der Waals surface area contributed by atoms with Gasteiger partial charge in [0.25, 0.3) is 11.8 Å². The molecule has 1 fully saturated rings.